The molecule has 0 aliphatic rings. The molecule has 0 spiro atoms. The van der Waals surface area contributed by atoms with E-state index in [-0.39, 0.29) is 31.5 Å². The zero-order chi connectivity index (χ0) is 24.7. The lowest BCUT2D eigenvalue weighted by molar-refractivity contribution is -0.155. The molecule has 6 nitrogen and oxygen atoms in total. The second-order valence-corrected chi connectivity index (χ2v) is 8.08. The minimum Gasteiger partial charge on any atom is -0.466 e. The molecule has 0 aliphatic carbocycles. The number of methoxy groups -OCH3 is 1. The number of fused-ring (bicyclic) bond motifs is 1. The Morgan fingerprint density at radius 1 is 1.06 bits per heavy atom. The highest BCUT2D eigenvalue weighted by Crippen LogP contribution is 2.38. The molecule has 1 unspecified atom stereocenters. The zero-order valence-electron chi connectivity index (χ0n) is 19.9. The van der Waals surface area contributed by atoms with E-state index in [1.807, 2.05) is 30.3 Å². The van der Waals surface area contributed by atoms with Crippen molar-refractivity contribution in [2.24, 2.45) is 0 Å². The lowest BCUT2D eigenvalue weighted by atomic mass is 10.0. The molecule has 1 aromatic heterocycles. The van der Waals surface area contributed by atoms with E-state index in [0.29, 0.717) is 0 Å². The maximum absolute atomic E-state index is 13.7. The van der Waals surface area contributed by atoms with Gasteiger partial charge in [0.2, 0.25) is 0 Å². The summed E-state index contributed by atoms with van der Waals surface area (Å²) >= 11 is 0. The van der Waals surface area contributed by atoms with Crippen molar-refractivity contribution in [1.29, 1.82) is 0 Å². The number of hydrogen-bond donors (Lipinski definition) is 0. The van der Waals surface area contributed by atoms with E-state index < -0.39 is 18.0 Å². The third kappa shape index (κ3) is 5.91. The first kappa shape index (κ1) is 25.2. The third-order valence-corrected chi connectivity index (χ3v) is 5.28. The number of para-hydroxylation sites is 1. The fraction of sp³-hybridized carbons (Fsp3) is 0.333. The Bertz CT molecular complexity index is 1140. The zero-order valence-corrected chi connectivity index (χ0v) is 19.9. The number of hydrogen-bond acceptors (Lipinski definition) is 5. The van der Waals surface area contributed by atoms with Gasteiger partial charge in [0.1, 0.15) is 18.5 Å². The van der Waals surface area contributed by atoms with Crippen LogP contribution < -0.4 is 0 Å². The number of ether oxygens (including phenoxy) is 3. The number of aromatic nitrogens is 1. The van der Waals surface area contributed by atoms with Gasteiger partial charge in [-0.05, 0) is 56.7 Å². The summed E-state index contributed by atoms with van der Waals surface area (Å²) in [6.45, 7) is 5.88. The highest BCUT2D eigenvalue weighted by atomic mass is 19.1. The van der Waals surface area contributed by atoms with E-state index >= 15 is 0 Å². The van der Waals surface area contributed by atoms with Gasteiger partial charge in [-0.1, -0.05) is 30.3 Å². The quantitative estimate of drug-likeness (QED) is 0.366. The van der Waals surface area contributed by atoms with E-state index in [1.165, 1.54) is 19.2 Å². The molecule has 0 fully saturated rings. The molecule has 0 saturated carbocycles. The lowest BCUT2D eigenvalue weighted by Crippen LogP contribution is -2.23. The van der Waals surface area contributed by atoms with Crippen molar-refractivity contribution >= 4 is 28.9 Å². The number of nitrogens with zero attached hydrogens (tertiary/aromatic N) is 1. The molecule has 34 heavy (non-hydrogen) atoms. The normalized spacial score (nSPS) is 12.4. The van der Waals surface area contributed by atoms with Gasteiger partial charge in [-0.2, -0.15) is 0 Å². The van der Waals surface area contributed by atoms with Crippen LogP contribution in [0.2, 0.25) is 0 Å². The maximum Gasteiger partial charge on any atom is 0.332 e. The smallest absolute Gasteiger partial charge is 0.332 e. The van der Waals surface area contributed by atoms with E-state index in [0.717, 1.165) is 27.7 Å². The SMILES string of the molecule is CCOC(=O)CC(C=Cc1c(-c2ccc(F)cc2)c2ccccc2n1C(C)C)OC(=O)COC. The molecule has 7 heteroatoms. The van der Waals surface area contributed by atoms with Crippen molar-refractivity contribution in [3.8, 4) is 11.1 Å². The highest BCUT2D eigenvalue weighted by Gasteiger charge is 2.21. The largest absolute Gasteiger partial charge is 0.466 e. The van der Waals surface area contributed by atoms with E-state index in [2.05, 4.69) is 18.4 Å². The molecule has 3 aromatic rings. The minimum atomic E-state index is -0.832. The number of benzene rings is 2. The Morgan fingerprint density at radius 3 is 2.41 bits per heavy atom. The second-order valence-electron chi connectivity index (χ2n) is 8.08. The van der Waals surface area contributed by atoms with Crippen molar-refractivity contribution in [1.82, 2.24) is 4.57 Å². The summed E-state index contributed by atoms with van der Waals surface area (Å²) in [6, 6.07) is 14.5. The average molecular weight is 468 g/mol. The monoisotopic (exact) mass is 467 g/mol. The fourth-order valence-electron chi connectivity index (χ4n) is 3.98. The Hall–Kier alpha value is -3.45. The highest BCUT2D eigenvalue weighted by molar-refractivity contribution is 6.01. The molecule has 0 N–H and O–H groups in total. The molecule has 0 bridgehead atoms. The summed E-state index contributed by atoms with van der Waals surface area (Å²) in [4.78, 5) is 24.2. The van der Waals surface area contributed by atoms with Crippen LogP contribution in [0, 0.1) is 5.82 Å². The van der Waals surface area contributed by atoms with Crippen LogP contribution in [0.15, 0.2) is 54.6 Å². The number of rotatable bonds is 10. The standard InChI is InChI=1S/C27H30FNO5/c1-5-33-25(30)16-21(34-26(31)17-32-4)14-15-24-27(19-10-12-20(28)13-11-19)22-8-6-7-9-23(22)29(24)18(2)3/h6-15,18,21H,5,16-17H2,1-4H3. The topological polar surface area (TPSA) is 66.8 Å². The Balaban J connectivity index is 2.12. The van der Waals surface area contributed by atoms with Crippen LogP contribution in [0.4, 0.5) is 4.39 Å². The summed E-state index contributed by atoms with van der Waals surface area (Å²) in [7, 11) is 1.40. The van der Waals surface area contributed by atoms with Gasteiger partial charge >= 0.3 is 11.9 Å². The van der Waals surface area contributed by atoms with Crippen LogP contribution in [0.5, 0.6) is 0 Å². The van der Waals surface area contributed by atoms with Crippen molar-refractivity contribution in [3.63, 3.8) is 0 Å². The molecule has 0 saturated heterocycles. The first-order valence-electron chi connectivity index (χ1n) is 11.3. The van der Waals surface area contributed by atoms with Crippen molar-refractivity contribution in [2.75, 3.05) is 20.3 Å². The van der Waals surface area contributed by atoms with Gasteiger partial charge in [0.05, 0.1) is 13.0 Å². The third-order valence-electron chi connectivity index (χ3n) is 5.28. The van der Waals surface area contributed by atoms with Gasteiger partial charge in [-0.3, -0.25) is 4.79 Å². The van der Waals surface area contributed by atoms with Crippen LogP contribution >= 0.6 is 0 Å². The first-order valence-corrected chi connectivity index (χ1v) is 11.3. The number of esters is 2. The predicted octanol–water partition coefficient (Wildman–Crippen LogP) is 5.55. The lowest BCUT2D eigenvalue weighted by Gasteiger charge is -2.16. The molecule has 0 aliphatic heterocycles. The van der Waals surface area contributed by atoms with Gasteiger partial charge in [0, 0.05) is 35.3 Å². The predicted molar refractivity (Wildman–Crippen MR) is 130 cm³/mol. The number of halogens is 1. The Labute approximate surface area is 198 Å². The second kappa shape index (κ2) is 11.6. The molecule has 180 valence electrons. The van der Waals surface area contributed by atoms with Gasteiger partial charge in [-0.15, -0.1) is 0 Å². The summed E-state index contributed by atoms with van der Waals surface area (Å²) in [5.74, 6) is -1.36. The fourth-order valence-corrected chi connectivity index (χ4v) is 3.98. The summed E-state index contributed by atoms with van der Waals surface area (Å²) < 4.78 is 31.2. The molecular weight excluding hydrogens is 437 g/mol. The molecule has 0 amide bonds. The van der Waals surface area contributed by atoms with E-state index in [9.17, 15) is 14.0 Å². The molecule has 1 heterocycles. The van der Waals surface area contributed by atoms with Gasteiger partial charge < -0.3 is 18.8 Å². The van der Waals surface area contributed by atoms with Crippen molar-refractivity contribution < 1.29 is 28.2 Å². The van der Waals surface area contributed by atoms with Crippen molar-refractivity contribution in [2.45, 2.75) is 39.3 Å². The summed E-state index contributed by atoms with van der Waals surface area (Å²) in [5.41, 5.74) is 3.67. The number of carbonyl (C=O) groups is 2. The summed E-state index contributed by atoms with van der Waals surface area (Å²) in [5, 5.41) is 1.01. The van der Waals surface area contributed by atoms with Crippen LogP contribution in [0.3, 0.4) is 0 Å². The van der Waals surface area contributed by atoms with Gasteiger partial charge in [0.25, 0.3) is 0 Å². The first-order chi connectivity index (χ1) is 16.3. The average Bonchev–Trinajstić information content (AvgIpc) is 3.12. The molecule has 1 atom stereocenters. The van der Waals surface area contributed by atoms with E-state index in [4.69, 9.17) is 14.2 Å². The molecule has 3 rings (SSSR count). The van der Waals surface area contributed by atoms with Gasteiger partial charge in [0.15, 0.2) is 0 Å². The summed E-state index contributed by atoms with van der Waals surface area (Å²) in [6.07, 6.45) is 2.59. The molecule has 2 aromatic carbocycles. The number of carbonyl (C=O) groups excluding carboxylic acids is 2. The van der Waals surface area contributed by atoms with Crippen LogP contribution in [-0.4, -0.2) is 42.9 Å². The van der Waals surface area contributed by atoms with E-state index in [1.54, 1.807) is 25.1 Å². The molecular formula is C27H30FNO5. The Morgan fingerprint density at radius 2 is 1.76 bits per heavy atom. The minimum absolute atomic E-state index is 0.110. The molecule has 0 radical (unpaired) electrons. The Kier molecular flexibility index (Phi) is 8.60. The van der Waals surface area contributed by atoms with Gasteiger partial charge in [-0.25, -0.2) is 9.18 Å². The van der Waals surface area contributed by atoms with Crippen LogP contribution in [-0.2, 0) is 23.8 Å². The maximum atomic E-state index is 13.7. The van der Waals surface area contributed by atoms with Crippen LogP contribution in [0.1, 0.15) is 38.9 Å². The van der Waals surface area contributed by atoms with Crippen molar-refractivity contribution in [3.05, 3.63) is 66.1 Å². The van der Waals surface area contributed by atoms with Crippen LogP contribution in [0.25, 0.3) is 28.1 Å².